The van der Waals surface area contributed by atoms with Crippen molar-refractivity contribution in [1.82, 2.24) is 0 Å². The van der Waals surface area contributed by atoms with Crippen molar-refractivity contribution < 1.29 is 0 Å². The molecule has 4 rings (SSSR count). The quantitative estimate of drug-likeness (QED) is 0.604. The molecule has 0 spiro atoms. The second kappa shape index (κ2) is 3.52. The molecule has 0 nitrogen and oxygen atoms in total. The molecule has 4 aliphatic rings. The first-order valence-corrected chi connectivity index (χ1v) is 8.18. The van der Waals surface area contributed by atoms with Crippen molar-refractivity contribution in [2.75, 3.05) is 0 Å². The summed E-state index contributed by atoms with van der Waals surface area (Å²) in [6.45, 7) is 5.29. The number of rotatable bonds is 1. The van der Waals surface area contributed by atoms with Crippen molar-refractivity contribution >= 4 is 0 Å². The van der Waals surface area contributed by atoms with Crippen LogP contribution in [0.2, 0.25) is 0 Å². The molecular formula is C17H28. The predicted molar refractivity (Wildman–Crippen MR) is 71.7 cm³/mol. The van der Waals surface area contributed by atoms with Gasteiger partial charge in [-0.3, -0.25) is 0 Å². The van der Waals surface area contributed by atoms with Crippen LogP contribution in [0.5, 0.6) is 0 Å². The molecule has 4 fully saturated rings. The SMILES string of the molecule is CC1C2CCCC2CC1C1(C)CC2CCC1C2. The van der Waals surface area contributed by atoms with Gasteiger partial charge in [-0.2, -0.15) is 0 Å². The summed E-state index contributed by atoms with van der Waals surface area (Å²) in [4.78, 5) is 0. The van der Waals surface area contributed by atoms with Crippen molar-refractivity contribution in [2.45, 2.75) is 65.2 Å². The van der Waals surface area contributed by atoms with Crippen LogP contribution in [0, 0.1) is 40.9 Å². The van der Waals surface area contributed by atoms with E-state index in [9.17, 15) is 0 Å². The Morgan fingerprint density at radius 3 is 2.53 bits per heavy atom. The molecule has 4 saturated carbocycles. The van der Waals surface area contributed by atoms with Crippen LogP contribution >= 0.6 is 0 Å². The summed E-state index contributed by atoms with van der Waals surface area (Å²) in [6, 6.07) is 0. The molecule has 0 radical (unpaired) electrons. The number of hydrogen-bond donors (Lipinski definition) is 0. The third-order valence-electron chi connectivity index (χ3n) is 7.63. The van der Waals surface area contributed by atoms with Crippen molar-refractivity contribution in [2.24, 2.45) is 40.9 Å². The van der Waals surface area contributed by atoms with E-state index in [1.807, 2.05) is 0 Å². The van der Waals surface area contributed by atoms with Crippen LogP contribution in [0.4, 0.5) is 0 Å². The standard InChI is InChI=1S/C17H28/c1-11-15-5-3-4-13(15)9-16(11)17(2)10-12-6-7-14(17)8-12/h11-16H,3-10H2,1-2H3. The Labute approximate surface area is 107 Å². The van der Waals surface area contributed by atoms with E-state index in [4.69, 9.17) is 0 Å². The summed E-state index contributed by atoms with van der Waals surface area (Å²) in [5.74, 6) is 6.62. The third-order valence-corrected chi connectivity index (χ3v) is 7.63. The Balaban J connectivity index is 1.59. The van der Waals surface area contributed by atoms with Crippen LogP contribution in [0.15, 0.2) is 0 Å². The summed E-state index contributed by atoms with van der Waals surface area (Å²) in [5, 5.41) is 0. The van der Waals surface area contributed by atoms with Gasteiger partial charge >= 0.3 is 0 Å². The molecule has 4 aliphatic carbocycles. The van der Waals surface area contributed by atoms with Gasteiger partial charge in [0.25, 0.3) is 0 Å². The van der Waals surface area contributed by atoms with E-state index in [1.165, 1.54) is 6.42 Å². The largest absolute Gasteiger partial charge is 0.0619 e. The molecule has 0 heteroatoms. The second-order valence-electron chi connectivity index (χ2n) is 8.14. The highest BCUT2D eigenvalue weighted by Crippen LogP contribution is 2.65. The number of hydrogen-bond acceptors (Lipinski definition) is 0. The van der Waals surface area contributed by atoms with Crippen LogP contribution < -0.4 is 0 Å². The lowest BCUT2D eigenvalue weighted by atomic mass is 9.62. The smallest absolute Gasteiger partial charge is 0.0264 e. The molecule has 0 amide bonds. The van der Waals surface area contributed by atoms with Gasteiger partial charge in [0.05, 0.1) is 0 Å². The van der Waals surface area contributed by atoms with E-state index in [2.05, 4.69) is 13.8 Å². The highest BCUT2D eigenvalue weighted by atomic mass is 14.6. The summed E-state index contributed by atoms with van der Waals surface area (Å²) in [6.07, 6.45) is 12.6. The van der Waals surface area contributed by atoms with Crippen LogP contribution in [0.1, 0.15) is 65.2 Å². The first-order chi connectivity index (χ1) is 8.18. The fraction of sp³-hybridized carbons (Fsp3) is 1.00. The van der Waals surface area contributed by atoms with Gasteiger partial charge in [0.1, 0.15) is 0 Å². The molecule has 0 heterocycles. The van der Waals surface area contributed by atoms with E-state index in [0.29, 0.717) is 0 Å². The Hall–Kier alpha value is 0. The molecule has 17 heavy (non-hydrogen) atoms. The molecule has 0 aliphatic heterocycles. The van der Waals surface area contributed by atoms with Gasteiger partial charge < -0.3 is 0 Å². The Morgan fingerprint density at radius 2 is 1.88 bits per heavy atom. The van der Waals surface area contributed by atoms with Crippen LogP contribution in [0.25, 0.3) is 0 Å². The summed E-state index contributed by atoms with van der Waals surface area (Å²) < 4.78 is 0. The van der Waals surface area contributed by atoms with Crippen LogP contribution in [-0.2, 0) is 0 Å². The lowest BCUT2D eigenvalue weighted by Crippen LogP contribution is -2.35. The van der Waals surface area contributed by atoms with Crippen LogP contribution in [-0.4, -0.2) is 0 Å². The van der Waals surface area contributed by atoms with E-state index >= 15 is 0 Å². The predicted octanol–water partition coefficient (Wildman–Crippen LogP) is 4.89. The monoisotopic (exact) mass is 232 g/mol. The zero-order valence-corrected chi connectivity index (χ0v) is 11.6. The Bertz CT molecular complexity index is 320. The highest BCUT2D eigenvalue weighted by molar-refractivity contribution is 5.06. The maximum absolute atomic E-state index is 2.68. The fourth-order valence-corrected chi connectivity index (χ4v) is 6.86. The highest BCUT2D eigenvalue weighted by Gasteiger charge is 2.57. The van der Waals surface area contributed by atoms with Crippen molar-refractivity contribution in [3.63, 3.8) is 0 Å². The Kier molecular flexibility index (Phi) is 2.25. The van der Waals surface area contributed by atoms with E-state index < -0.39 is 0 Å². The van der Waals surface area contributed by atoms with Crippen molar-refractivity contribution in [3.05, 3.63) is 0 Å². The minimum absolute atomic E-state index is 0.757. The molecule has 96 valence electrons. The van der Waals surface area contributed by atoms with Gasteiger partial charge in [-0.1, -0.05) is 33.1 Å². The second-order valence-corrected chi connectivity index (χ2v) is 8.14. The van der Waals surface area contributed by atoms with Gasteiger partial charge in [-0.25, -0.2) is 0 Å². The van der Waals surface area contributed by atoms with E-state index in [-0.39, 0.29) is 0 Å². The van der Waals surface area contributed by atoms with Crippen molar-refractivity contribution in [1.29, 1.82) is 0 Å². The molecule has 0 saturated heterocycles. The third kappa shape index (κ3) is 1.36. The molecule has 0 aromatic heterocycles. The normalized spacial score (nSPS) is 61.1. The van der Waals surface area contributed by atoms with Gasteiger partial charge in [0, 0.05) is 0 Å². The molecule has 0 aromatic carbocycles. The molecule has 7 atom stereocenters. The molecule has 0 aromatic rings. The number of fused-ring (bicyclic) bond motifs is 3. The van der Waals surface area contributed by atoms with Gasteiger partial charge in [0.15, 0.2) is 0 Å². The first-order valence-electron chi connectivity index (χ1n) is 8.18. The molecule has 2 bridgehead atoms. The minimum Gasteiger partial charge on any atom is -0.0619 e. The first kappa shape index (κ1) is 10.9. The summed E-state index contributed by atoms with van der Waals surface area (Å²) >= 11 is 0. The topological polar surface area (TPSA) is 0 Å². The lowest BCUT2D eigenvalue weighted by molar-refractivity contribution is 0.0643. The minimum atomic E-state index is 0.757. The average Bonchev–Trinajstić information content (AvgIpc) is 2.99. The Morgan fingerprint density at radius 1 is 1.00 bits per heavy atom. The fourth-order valence-electron chi connectivity index (χ4n) is 6.86. The molecule has 0 N–H and O–H groups in total. The maximum Gasteiger partial charge on any atom is -0.0264 e. The lowest BCUT2D eigenvalue weighted by Gasteiger charge is -2.42. The zero-order chi connectivity index (χ0) is 11.6. The average molecular weight is 232 g/mol. The summed E-state index contributed by atoms with van der Waals surface area (Å²) in [7, 11) is 0. The molecule has 7 unspecified atom stereocenters. The van der Waals surface area contributed by atoms with E-state index in [1.54, 1.807) is 44.9 Å². The van der Waals surface area contributed by atoms with Crippen molar-refractivity contribution in [3.8, 4) is 0 Å². The van der Waals surface area contributed by atoms with E-state index in [0.717, 1.165) is 40.9 Å². The van der Waals surface area contributed by atoms with Gasteiger partial charge in [-0.15, -0.1) is 0 Å². The van der Waals surface area contributed by atoms with Gasteiger partial charge in [-0.05, 0) is 73.0 Å². The molecular weight excluding hydrogens is 204 g/mol. The maximum atomic E-state index is 2.68. The summed E-state index contributed by atoms with van der Waals surface area (Å²) in [5.41, 5.74) is 0.757. The zero-order valence-electron chi connectivity index (χ0n) is 11.6. The van der Waals surface area contributed by atoms with Gasteiger partial charge in [0.2, 0.25) is 0 Å². The van der Waals surface area contributed by atoms with Crippen LogP contribution in [0.3, 0.4) is 0 Å².